The van der Waals surface area contributed by atoms with Crippen LogP contribution in [0.4, 0.5) is 4.79 Å². The average Bonchev–Trinajstić information content (AvgIpc) is 2.23. The normalized spacial score (nSPS) is 12.9. The van der Waals surface area contributed by atoms with E-state index in [1.54, 1.807) is 39.0 Å². The molecule has 1 unspecified atom stereocenters. The Kier molecular flexibility index (Phi) is 6.11. The molecule has 3 N–H and O–H groups in total. The average molecular weight is 319 g/mol. The summed E-state index contributed by atoms with van der Waals surface area (Å²) in [6, 6.07) is 5.02. The first-order chi connectivity index (χ1) is 9.19. The van der Waals surface area contributed by atoms with Gasteiger partial charge in [-0.1, -0.05) is 23.2 Å². The molecule has 0 fully saturated rings. The van der Waals surface area contributed by atoms with Crippen LogP contribution in [-0.2, 0) is 11.2 Å². The maximum atomic E-state index is 11.7. The van der Waals surface area contributed by atoms with Crippen molar-refractivity contribution in [2.75, 3.05) is 6.54 Å². The van der Waals surface area contributed by atoms with Gasteiger partial charge >= 0.3 is 6.09 Å². The van der Waals surface area contributed by atoms with Crippen LogP contribution in [0.2, 0.25) is 10.0 Å². The molecule has 0 aromatic heterocycles. The predicted molar refractivity (Wildman–Crippen MR) is 82.4 cm³/mol. The maximum absolute atomic E-state index is 11.7. The third kappa shape index (κ3) is 6.46. The summed E-state index contributed by atoms with van der Waals surface area (Å²) in [5.41, 5.74) is 6.04. The van der Waals surface area contributed by atoms with E-state index in [0.29, 0.717) is 23.0 Å². The van der Waals surface area contributed by atoms with E-state index >= 15 is 0 Å². The lowest BCUT2D eigenvalue weighted by molar-refractivity contribution is 0.0506. The van der Waals surface area contributed by atoms with Crippen LogP contribution in [-0.4, -0.2) is 24.3 Å². The Labute approximate surface area is 129 Å². The second-order valence-electron chi connectivity index (χ2n) is 5.56. The molecule has 1 rings (SSSR count). The largest absolute Gasteiger partial charge is 0.444 e. The molecule has 0 aliphatic carbocycles. The Bertz CT molecular complexity index is 452. The summed E-state index contributed by atoms with van der Waals surface area (Å²) in [7, 11) is 0. The predicted octanol–water partition coefficient (Wildman–Crippen LogP) is 3.39. The molecule has 0 saturated heterocycles. The molecule has 0 heterocycles. The molecule has 1 aromatic rings. The second kappa shape index (κ2) is 7.16. The van der Waals surface area contributed by atoms with E-state index in [4.69, 9.17) is 33.7 Å². The number of hydrogen-bond acceptors (Lipinski definition) is 3. The van der Waals surface area contributed by atoms with Crippen molar-refractivity contribution in [2.45, 2.75) is 38.8 Å². The highest BCUT2D eigenvalue weighted by Gasteiger charge is 2.19. The first-order valence-electron chi connectivity index (χ1n) is 6.34. The van der Waals surface area contributed by atoms with Crippen LogP contribution in [0, 0.1) is 0 Å². The third-order valence-corrected chi connectivity index (χ3v) is 2.85. The summed E-state index contributed by atoms with van der Waals surface area (Å²) in [5.74, 6) is 0. The number of benzene rings is 1. The van der Waals surface area contributed by atoms with Crippen molar-refractivity contribution in [2.24, 2.45) is 5.73 Å². The van der Waals surface area contributed by atoms with Crippen LogP contribution < -0.4 is 11.1 Å². The van der Waals surface area contributed by atoms with Gasteiger partial charge in [0.15, 0.2) is 0 Å². The van der Waals surface area contributed by atoms with Gasteiger partial charge in [-0.2, -0.15) is 0 Å². The van der Waals surface area contributed by atoms with Crippen LogP contribution in [0.1, 0.15) is 26.3 Å². The van der Waals surface area contributed by atoms with Gasteiger partial charge in [0.25, 0.3) is 0 Å². The number of halogens is 2. The minimum Gasteiger partial charge on any atom is -0.444 e. The van der Waals surface area contributed by atoms with Crippen LogP contribution in [0.3, 0.4) is 0 Å². The lowest BCUT2D eigenvalue weighted by atomic mass is 10.1. The Morgan fingerprint density at radius 1 is 1.30 bits per heavy atom. The summed E-state index contributed by atoms with van der Waals surface area (Å²) in [5, 5.41) is 3.85. The first kappa shape index (κ1) is 17.1. The molecule has 4 nitrogen and oxygen atoms in total. The minimum absolute atomic E-state index is 0.237. The van der Waals surface area contributed by atoms with Gasteiger partial charge in [0.2, 0.25) is 0 Å². The standard InChI is InChI=1S/C14H20Cl2N2O2/c1-14(2,3)20-13(19)18-12(8-17)6-9-4-10(15)7-11(16)5-9/h4-5,7,12H,6,8,17H2,1-3H3,(H,18,19). The van der Waals surface area contributed by atoms with Crippen molar-refractivity contribution in [1.29, 1.82) is 0 Å². The van der Waals surface area contributed by atoms with E-state index in [-0.39, 0.29) is 6.04 Å². The molecular formula is C14H20Cl2N2O2. The van der Waals surface area contributed by atoms with Gasteiger partial charge < -0.3 is 15.8 Å². The zero-order valence-electron chi connectivity index (χ0n) is 11.9. The summed E-state index contributed by atoms with van der Waals surface area (Å²) in [6.45, 7) is 5.71. The number of nitrogens with one attached hydrogen (secondary N) is 1. The molecule has 6 heteroatoms. The molecule has 1 atom stereocenters. The molecule has 0 spiro atoms. The zero-order chi connectivity index (χ0) is 15.3. The van der Waals surface area contributed by atoms with Gasteiger partial charge in [0.05, 0.1) is 0 Å². The second-order valence-corrected chi connectivity index (χ2v) is 6.43. The number of amides is 1. The Morgan fingerprint density at radius 3 is 2.30 bits per heavy atom. The highest BCUT2D eigenvalue weighted by molar-refractivity contribution is 6.34. The lowest BCUT2D eigenvalue weighted by Crippen LogP contribution is -2.44. The third-order valence-electron chi connectivity index (χ3n) is 2.41. The van der Waals surface area contributed by atoms with Gasteiger partial charge in [-0.25, -0.2) is 4.79 Å². The van der Waals surface area contributed by atoms with Gasteiger partial charge in [-0.05, 0) is 51.0 Å². The quantitative estimate of drug-likeness (QED) is 0.894. The maximum Gasteiger partial charge on any atom is 0.407 e. The number of carbonyl (C=O) groups is 1. The number of rotatable bonds is 4. The van der Waals surface area contributed by atoms with Crippen molar-refractivity contribution in [1.82, 2.24) is 5.32 Å². The summed E-state index contributed by atoms with van der Waals surface area (Å²) < 4.78 is 5.20. The van der Waals surface area contributed by atoms with E-state index in [9.17, 15) is 4.79 Å². The van der Waals surface area contributed by atoms with Crippen LogP contribution >= 0.6 is 23.2 Å². The smallest absolute Gasteiger partial charge is 0.407 e. The van der Waals surface area contributed by atoms with E-state index in [1.165, 1.54) is 0 Å². The van der Waals surface area contributed by atoms with Crippen molar-refractivity contribution in [3.05, 3.63) is 33.8 Å². The van der Waals surface area contributed by atoms with Crippen molar-refractivity contribution in [3.8, 4) is 0 Å². The fourth-order valence-corrected chi connectivity index (χ4v) is 2.25. The Balaban J connectivity index is 2.65. The van der Waals surface area contributed by atoms with Gasteiger partial charge in [-0.15, -0.1) is 0 Å². The fraction of sp³-hybridized carbons (Fsp3) is 0.500. The molecule has 112 valence electrons. The van der Waals surface area contributed by atoms with E-state index < -0.39 is 11.7 Å². The number of nitrogens with two attached hydrogens (primary N) is 1. The van der Waals surface area contributed by atoms with E-state index in [2.05, 4.69) is 5.32 Å². The van der Waals surface area contributed by atoms with Crippen molar-refractivity contribution < 1.29 is 9.53 Å². The SMILES string of the molecule is CC(C)(C)OC(=O)NC(CN)Cc1cc(Cl)cc(Cl)c1. The van der Waals surface area contributed by atoms with E-state index in [1.807, 2.05) is 0 Å². The molecule has 1 amide bonds. The summed E-state index contributed by atoms with van der Waals surface area (Å²) in [6.07, 6.45) is 0.0526. The highest BCUT2D eigenvalue weighted by Crippen LogP contribution is 2.20. The van der Waals surface area contributed by atoms with Gasteiger partial charge in [0.1, 0.15) is 5.60 Å². The first-order valence-corrected chi connectivity index (χ1v) is 7.10. The number of alkyl carbamates (subject to hydrolysis) is 1. The fourth-order valence-electron chi connectivity index (χ4n) is 1.68. The number of hydrogen-bond donors (Lipinski definition) is 2. The monoisotopic (exact) mass is 318 g/mol. The molecule has 1 aromatic carbocycles. The van der Waals surface area contributed by atoms with Crippen LogP contribution in [0.5, 0.6) is 0 Å². The molecule has 0 aliphatic heterocycles. The number of carbonyl (C=O) groups excluding carboxylic acids is 1. The van der Waals surface area contributed by atoms with Crippen molar-refractivity contribution in [3.63, 3.8) is 0 Å². The van der Waals surface area contributed by atoms with E-state index in [0.717, 1.165) is 5.56 Å². The summed E-state index contributed by atoms with van der Waals surface area (Å²) >= 11 is 11.9. The molecule has 0 radical (unpaired) electrons. The molecular weight excluding hydrogens is 299 g/mol. The molecule has 20 heavy (non-hydrogen) atoms. The topological polar surface area (TPSA) is 64.3 Å². The molecule has 0 saturated carbocycles. The Morgan fingerprint density at radius 2 is 1.85 bits per heavy atom. The van der Waals surface area contributed by atoms with Crippen LogP contribution in [0.25, 0.3) is 0 Å². The van der Waals surface area contributed by atoms with Crippen LogP contribution in [0.15, 0.2) is 18.2 Å². The van der Waals surface area contributed by atoms with Gasteiger partial charge in [0, 0.05) is 22.6 Å². The van der Waals surface area contributed by atoms with Gasteiger partial charge in [-0.3, -0.25) is 0 Å². The minimum atomic E-state index is -0.539. The number of ether oxygens (including phenoxy) is 1. The summed E-state index contributed by atoms with van der Waals surface area (Å²) in [4.78, 5) is 11.7. The lowest BCUT2D eigenvalue weighted by Gasteiger charge is -2.23. The zero-order valence-corrected chi connectivity index (χ0v) is 13.4. The Hall–Kier alpha value is -0.970. The molecule has 0 bridgehead atoms. The molecule has 0 aliphatic rings. The highest BCUT2D eigenvalue weighted by atomic mass is 35.5. The van der Waals surface area contributed by atoms with Crippen molar-refractivity contribution >= 4 is 29.3 Å².